The molecule has 5 atom stereocenters. The Morgan fingerprint density at radius 2 is 1.96 bits per heavy atom. The fraction of sp³-hybridized carbons (Fsp3) is 0.528. The highest BCUT2D eigenvalue weighted by atomic mass is 19.1. The predicted octanol–water partition coefficient (Wildman–Crippen LogP) is 5.46. The van der Waals surface area contributed by atoms with Crippen LogP contribution in [0.1, 0.15) is 56.2 Å². The van der Waals surface area contributed by atoms with Gasteiger partial charge in [-0.3, -0.25) is 4.90 Å². The fourth-order valence-corrected chi connectivity index (χ4v) is 9.76. The van der Waals surface area contributed by atoms with Gasteiger partial charge >= 0.3 is 6.01 Å². The minimum atomic E-state index is -0.457. The highest BCUT2D eigenvalue weighted by Crippen LogP contribution is 2.45. The Hall–Kier alpha value is -3.50. The Morgan fingerprint density at radius 1 is 1.07 bits per heavy atom. The maximum absolute atomic E-state index is 17.3. The summed E-state index contributed by atoms with van der Waals surface area (Å²) in [6, 6.07) is 9.98. The van der Waals surface area contributed by atoms with Crippen molar-refractivity contribution in [1.82, 2.24) is 20.2 Å². The molecule has 7 nitrogen and oxygen atoms in total. The fourth-order valence-electron chi connectivity index (χ4n) is 9.76. The number of hydrogen-bond acceptors (Lipinski definition) is 6. The smallest absolute Gasteiger partial charge is 0.319 e. The minimum absolute atomic E-state index is 0.0677. The molecule has 7 heterocycles. The molecule has 0 unspecified atom stereocenters. The number of anilines is 1. The first-order valence-corrected chi connectivity index (χ1v) is 17.0. The van der Waals surface area contributed by atoms with E-state index in [1.807, 2.05) is 29.8 Å². The van der Waals surface area contributed by atoms with Crippen LogP contribution < -0.4 is 19.5 Å². The topological polar surface area (TPSA) is 57.4 Å². The average molecular weight is 630 g/mol. The van der Waals surface area contributed by atoms with Crippen molar-refractivity contribution in [1.29, 1.82) is 0 Å². The van der Waals surface area contributed by atoms with Gasteiger partial charge in [0.1, 0.15) is 37.0 Å². The average Bonchev–Trinajstić information content (AvgIpc) is 3.72. The molecule has 0 spiro atoms. The first kappa shape index (κ1) is 28.7. The second-order valence-electron chi connectivity index (χ2n) is 14.3. The lowest BCUT2D eigenvalue weighted by Crippen LogP contribution is -2.58. The molecule has 5 aliphatic heterocycles. The van der Waals surface area contributed by atoms with Crippen molar-refractivity contribution in [2.45, 2.75) is 88.0 Å². The van der Waals surface area contributed by atoms with E-state index in [1.165, 1.54) is 6.07 Å². The summed E-state index contributed by atoms with van der Waals surface area (Å²) < 4.78 is 54.5. The van der Waals surface area contributed by atoms with Gasteiger partial charge in [0, 0.05) is 42.5 Å². The van der Waals surface area contributed by atoms with Crippen LogP contribution in [0.5, 0.6) is 6.01 Å². The zero-order valence-corrected chi connectivity index (χ0v) is 26.5. The molecule has 9 rings (SSSR count). The molecule has 0 radical (unpaired) electrons. The third-order valence-corrected chi connectivity index (χ3v) is 12.0. The molecule has 4 aromatic rings. The van der Waals surface area contributed by atoms with Gasteiger partial charge in [0.05, 0.1) is 11.1 Å². The lowest BCUT2D eigenvalue weighted by atomic mass is 9.95. The number of hydrogen-bond donors (Lipinski definition) is 1. The van der Waals surface area contributed by atoms with Crippen molar-refractivity contribution in [3.63, 3.8) is 0 Å². The monoisotopic (exact) mass is 629 g/mol. The Morgan fingerprint density at radius 3 is 2.83 bits per heavy atom. The van der Waals surface area contributed by atoms with Crippen LogP contribution in [0.2, 0.25) is 0 Å². The van der Waals surface area contributed by atoms with E-state index in [2.05, 4.69) is 15.1 Å². The summed E-state index contributed by atoms with van der Waals surface area (Å²) >= 11 is 0. The lowest BCUT2D eigenvalue weighted by Gasteiger charge is -2.41. The Bertz CT molecular complexity index is 1900. The lowest BCUT2D eigenvalue weighted by molar-refractivity contribution is -0.667. The maximum atomic E-state index is 17.3. The number of halogens is 3. The number of aromatic nitrogens is 3. The summed E-state index contributed by atoms with van der Waals surface area (Å²) in [7, 11) is 1.92. The van der Waals surface area contributed by atoms with Crippen molar-refractivity contribution in [3.05, 3.63) is 53.2 Å². The maximum Gasteiger partial charge on any atom is 0.319 e. The molecule has 1 N–H and O–H groups in total. The van der Waals surface area contributed by atoms with Crippen molar-refractivity contribution in [3.8, 4) is 17.3 Å². The van der Waals surface area contributed by atoms with Gasteiger partial charge in [0.15, 0.2) is 11.5 Å². The van der Waals surface area contributed by atoms with Crippen LogP contribution in [-0.2, 0) is 13.5 Å². The molecule has 0 amide bonds. The summed E-state index contributed by atoms with van der Waals surface area (Å²) in [5.41, 5.74) is 2.51. The summed E-state index contributed by atoms with van der Waals surface area (Å²) in [4.78, 5) is 14.6. The number of nitrogens with zero attached hydrogens (tertiary/aromatic N) is 5. The van der Waals surface area contributed by atoms with Gasteiger partial charge in [-0.1, -0.05) is 18.2 Å². The largest absolute Gasteiger partial charge is 0.461 e. The molecule has 10 heteroatoms. The number of nitrogens with one attached hydrogen (secondary N) is 1. The van der Waals surface area contributed by atoms with Gasteiger partial charge in [-0.25, -0.2) is 8.78 Å². The van der Waals surface area contributed by atoms with Crippen molar-refractivity contribution in [2.24, 2.45) is 7.05 Å². The van der Waals surface area contributed by atoms with Crippen LogP contribution in [-0.4, -0.2) is 70.9 Å². The first-order valence-electron chi connectivity index (χ1n) is 17.0. The van der Waals surface area contributed by atoms with Gasteiger partial charge in [-0.2, -0.15) is 18.9 Å². The molecular weight excluding hydrogens is 589 g/mol. The number of aryl methyl sites for hydroxylation is 2. The summed E-state index contributed by atoms with van der Waals surface area (Å²) in [5, 5.41) is 6.11. The Balaban J connectivity index is 1.24. The number of pyridine rings is 1. The van der Waals surface area contributed by atoms with Crippen LogP contribution in [0.25, 0.3) is 32.9 Å². The molecule has 0 aliphatic carbocycles. The van der Waals surface area contributed by atoms with Gasteiger partial charge < -0.3 is 15.0 Å². The predicted molar refractivity (Wildman–Crippen MR) is 171 cm³/mol. The molecule has 5 aliphatic rings. The molecule has 2 bridgehead atoms. The van der Waals surface area contributed by atoms with E-state index in [-0.39, 0.29) is 41.6 Å². The van der Waals surface area contributed by atoms with Gasteiger partial charge in [-0.05, 0) is 81.5 Å². The van der Waals surface area contributed by atoms with E-state index in [0.717, 1.165) is 86.7 Å². The van der Waals surface area contributed by atoms with E-state index < -0.39 is 5.82 Å². The Kier molecular flexibility index (Phi) is 6.55. The van der Waals surface area contributed by atoms with Crippen LogP contribution >= 0.6 is 0 Å². The van der Waals surface area contributed by atoms with Crippen LogP contribution in [0.3, 0.4) is 0 Å². The second kappa shape index (κ2) is 10.5. The number of benzene rings is 2. The number of rotatable bonds is 5. The van der Waals surface area contributed by atoms with E-state index in [0.29, 0.717) is 40.9 Å². The second-order valence-corrected chi connectivity index (χ2v) is 14.3. The SMILES string of the molecule is Cc1c(F)ccc2cccc(-c3c(F)c4nc(OC[C@@]56CCCN5[C@H](CF)CC6)nc5c4c([n+]3C)CC[C@@H]3[C@@H]4CC[C@H](CN53)N4)c12. The summed E-state index contributed by atoms with van der Waals surface area (Å²) in [5.74, 6) is -0.0312. The summed E-state index contributed by atoms with van der Waals surface area (Å²) in [6.07, 6.45) is 7.52. The molecular formula is C36H40F3N6O+. The first-order chi connectivity index (χ1) is 22.4. The molecule has 240 valence electrons. The molecule has 2 aromatic carbocycles. The third kappa shape index (κ3) is 4.08. The van der Waals surface area contributed by atoms with E-state index in [4.69, 9.17) is 14.7 Å². The molecule has 0 saturated carbocycles. The minimum Gasteiger partial charge on any atom is -0.461 e. The molecule has 2 aromatic heterocycles. The van der Waals surface area contributed by atoms with Gasteiger partial charge in [0.25, 0.3) is 5.69 Å². The molecule has 4 fully saturated rings. The summed E-state index contributed by atoms with van der Waals surface area (Å²) in [6.45, 7) is 3.43. The van der Waals surface area contributed by atoms with Gasteiger partial charge in [-0.15, -0.1) is 0 Å². The van der Waals surface area contributed by atoms with E-state index in [9.17, 15) is 8.78 Å². The normalized spacial score (nSPS) is 28.6. The van der Waals surface area contributed by atoms with E-state index in [1.54, 1.807) is 13.0 Å². The third-order valence-electron chi connectivity index (χ3n) is 12.0. The quantitative estimate of drug-likeness (QED) is 0.296. The van der Waals surface area contributed by atoms with Crippen LogP contribution in [0.15, 0.2) is 30.3 Å². The standard InChI is InChI=1S/C36H40F3N6O/c1-20-25(38)9-7-21-5-3-6-24(29(20)21)33-31(39)32-30-28(43(33)2)12-11-27-26-10-8-22(40-26)18-44(27)34(30)42-35(41-32)46-19-36-14-4-16-45(36)23(17-37)13-15-36/h3,5-7,9,22-23,26-27,40H,4,8,10-19H2,1-2H3/q+1/t22-,23+,26+,27-,36+/m1/s1. The van der Waals surface area contributed by atoms with Crippen molar-refractivity contribution >= 4 is 27.5 Å². The zero-order chi connectivity index (χ0) is 31.3. The van der Waals surface area contributed by atoms with Crippen molar-refractivity contribution in [2.75, 3.05) is 31.3 Å². The van der Waals surface area contributed by atoms with E-state index >= 15 is 4.39 Å². The number of alkyl halides is 1. The van der Waals surface area contributed by atoms with Crippen LogP contribution in [0, 0.1) is 18.6 Å². The number of ether oxygens (including phenoxy) is 1. The molecule has 46 heavy (non-hydrogen) atoms. The molecule has 4 saturated heterocycles. The highest BCUT2D eigenvalue weighted by Gasteiger charge is 2.50. The number of fused-ring (bicyclic) bond motifs is 7. The highest BCUT2D eigenvalue weighted by molar-refractivity contribution is 6.00. The van der Waals surface area contributed by atoms with Gasteiger partial charge in [0.2, 0.25) is 5.82 Å². The Labute approximate surface area is 266 Å². The van der Waals surface area contributed by atoms with Crippen LogP contribution in [0.4, 0.5) is 19.0 Å². The number of piperazine rings is 1. The zero-order valence-electron chi connectivity index (χ0n) is 26.5. The van der Waals surface area contributed by atoms with Crippen molar-refractivity contribution < 1.29 is 22.5 Å².